The van der Waals surface area contributed by atoms with Crippen LogP contribution in [0.4, 0.5) is 0 Å². The lowest BCUT2D eigenvalue weighted by Gasteiger charge is -2.35. The van der Waals surface area contributed by atoms with Crippen molar-refractivity contribution < 1.29 is 14.3 Å². The Morgan fingerprint density at radius 3 is 2.83 bits per heavy atom. The number of hydrogen-bond acceptors (Lipinski definition) is 4. The Balaban J connectivity index is 2.19. The van der Waals surface area contributed by atoms with Gasteiger partial charge in [-0.2, -0.15) is 5.26 Å². The van der Waals surface area contributed by atoms with E-state index in [1.54, 1.807) is 6.92 Å². The summed E-state index contributed by atoms with van der Waals surface area (Å²) in [6, 6.07) is 2.01. The molecule has 2 fully saturated rings. The third kappa shape index (κ3) is 2.56. The molecular weight excluding hydrogens is 230 g/mol. The molecule has 4 heteroatoms. The van der Waals surface area contributed by atoms with Gasteiger partial charge in [0.2, 0.25) is 0 Å². The zero-order valence-corrected chi connectivity index (χ0v) is 10.8. The van der Waals surface area contributed by atoms with Gasteiger partial charge in [-0.1, -0.05) is 12.8 Å². The summed E-state index contributed by atoms with van der Waals surface area (Å²) in [5, 5.41) is 9.16. The first-order chi connectivity index (χ1) is 8.71. The smallest absolute Gasteiger partial charge is 0.348 e. The summed E-state index contributed by atoms with van der Waals surface area (Å²) >= 11 is 0. The first kappa shape index (κ1) is 13.1. The molecule has 0 aromatic rings. The number of hydrogen-bond donors (Lipinski definition) is 0. The van der Waals surface area contributed by atoms with Gasteiger partial charge >= 0.3 is 5.97 Å². The van der Waals surface area contributed by atoms with Crippen molar-refractivity contribution in [1.82, 2.24) is 0 Å². The van der Waals surface area contributed by atoms with Crippen LogP contribution in [-0.4, -0.2) is 24.8 Å². The van der Waals surface area contributed by atoms with Gasteiger partial charge in [-0.25, -0.2) is 4.79 Å². The van der Waals surface area contributed by atoms with E-state index in [-0.39, 0.29) is 11.2 Å². The van der Waals surface area contributed by atoms with E-state index in [0.717, 1.165) is 18.4 Å². The van der Waals surface area contributed by atoms with Crippen molar-refractivity contribution in [2.75, 3.05) is 13.2 Å². The fraction of sp³-hybridized carbons (Fsp3) is 0.714. The third-order valence-electron chi connectivity index (χ3n) is 3.81. The zero-order chi connectivity index (χ0) is 13.0. The van der Waals surface area contributed by atoms with E-state index in [4.69, 9.17) is 14.7 Å². The fourth-order valence-electron chi connectivity index (χ4n) is 2.95. The van der Waals surface area contributed by atoms with Gasteiger partial charge in [0.15, 0.2) is 0 Å². The molecule has 0 amide bonds. The Hall–Kier alpha value is -1.34. The Kier molecular flexibility index (Phi) is 4.03. The van der Waals surface area contributed by atoms with Gasteiger partial charge in [0.25, 0.3) is 0 Å². The summed E-state index contributed by atoms with van der Waals surface area (Å²) in [6.07, 6.45) is 5.82. The number of rotatable bonds is 2. The highest BCUT2D eigenvalue weighted by atomic mass is 16.5. The number of carbonyl (C=O) groups is 1. The fourth-order valence-corrected chi connectivity index (χ4v) is 2.95. The van der Waals surface area contributed by atoms with E-state index in [2.05, 4.69) is 0 Å². The highest BCUT2D eigenvalue weighted by molar-refractivity contribution is 5.93. The van der Waals surface area contributed by atoms with Crippen LogP contribution in [0.1, 0.15) is 45.4 Å². The molecule has 0 radical (unpaired) electrons. The van der Waals surface area contributed by atoms with E-state index in [9.17, 15) is 4.79 Å². The molecule has 0 atom stereocenters. The summed E-state index contributed by atoms with van der Waals surface area (Å²) in [7, 11) is 0. The van der Waals surface area contributed by atoms with Crippen molar-refractivity contribution in [2.45, 2.75) is 51.0 Å². The van der Waals surface area contributed by atoms with Crippen molar-refractivity contribution in [1.29, 1.82) is 5.26 Å². The SMILES string of the molecule is CCOC(=O)/C(C#N)=C1/CCOC2(CCCC2)C1. The predicted octanol–water partition coefficient (Wildman–Crippen LogP) is 2.49. The molecule has 0 aromatic heterocycles. The maximum atomic E-state index is 11.7. The van der Waals surface area contributed by atoms with Crippen LogP contribution in [0.15, 0.2) is 11.1 Å². The minimum absolute atomic E-state index is 0.109. The predicted molar refractivity (Wildman–Crippen MR) is 65.7 cm³/mol. The van der Waals surface area contributed by atoms with Crippen LogP contribution in [-0.2, 0) is 14.3 Å². The summed E-state index contributed by atoms with van der Waals surface area (Å²) < 4.78 is 10.8. The van der Waals surface area contributed by atoms with Crippen molar-refractivity contribution in [3.63, 3.8) is 0 Å². The molecule has 1 aliphatic carbocycles. The Labute approximate surface area is 108 Å². The standard InChI is InChI=1S/C14H19NO3/c1-2-17-13(16)12(10-15)11-5-8-18-14(9-11)6-3-4-7-14/h2-9H2,1H3/b12-11-. The molecule has 1 spiro atoms. The number of ether oxygens (including phenoxy) is 2. The highest BCUT2D eigenvalue weighted by Crippen LogP contribution is 2.42. The van der Waals surface area contributed by atoms with Gasteiger partial charge < -0.3 is 9.47 Å². The van der Waals surface area contributed by atoms with E-state index < -0.39 is 5.97 Å². The third-order valence-corrected chi connectivity index (χ3v) is 3.81. The molecule has 0 N–H and O–H groups in total. The van der Waals surface area contributed by atoms with E-state index >= 15 is 0 Å². The average molecular weight is 249 g/mol. The highest BCUT2D eigenvalue weighted by Gasteiger charge is 2.39. The monoisotopic (exact) mass is 249 g/mol. The molecule has 1 heterocycles. The molecular formula is C14H19NO3. The van der Waals surface area contributed by atoms with Gasteiger partial charge in [-0.15, -0.1) is 0 Å². The maximum Gasteiger partial charge on any atom is 0.348 e. The summed E-state index contributed by atoms with van der Waals surface area (Å²) in [5.41, 5.74) is 1.01. The molecule has 4 nitrogen and oxygen atoms in total. The van der Waals surface area contributed by atoms with Crippen LogP contribution in [0.25, 0.3) is 0 Å². The van der Waals surface area contributed by atoms with Gasteiger partial charge in [-0.3, -0.25) is 0 Å². The van der Waals surface area contributed by atoms with E-state index in [1.807, 2.05) is 6.07 Å². The lowest BCUT2D eigenvalue weighted by Crippen LogP contribution is -2.34. The molecule has 98 valence electrons. The van der Waals surface area contributed by atoms with Crippen LogP contribution >= 0.6 is 0 Å². The Morgan fingerprint density at radius 2 is 2.22 bits per heavy atom. The zero-order valence-electron chi connectivity index (χ0n) is 10.8. The molecule has 18 heavy (non-hydrogen) atoms. The lowest BCUT2D eigenvalue weighted by molar-refractivity contribution is -0.138. The molecule has 0 bridgehead atoms. The molecule has 2 rings (SSSR count). The van der Waals surface area contributed by atoms with E-state index in [1.165, 1.54) is 12.8 Å². The maximum absolute atomic E-state index is 11.7. The van der Waals surface area contributed by atoms with Crippen LogP contribution in [0.5, 0.6) is 0 Å². The first-order valence-corrected chi connectivity index (χ1v) is 6.64. The van der Waals surface area contributed by atoms with E-state index in [0.29, 0.717) is 26.1 Å². The minimum Gasteiger partial charge on any atom is -0.462 e. The molecule has 0 unspecified atom stereocenters. The minimum atomic E-state index is -0.481. The lowest BCUT2D eigenvalue weighted by atomic mass is 9.86. The number of esters is 1. The normalized spacial score (nSPS) is 24.7. The molecule has 0 aromatic carbocycles. The number of nitriles is 1. The van der Waals surface area contributed by atoms with Crippen LogP contribution in [0.2, 0.25) is 0 Å². The number of nitrogens with zero attached hydrogens (tertiary/aromatic N) is 1. The van der Waals surface area contributed by atoms with Crippen LogP contribution in [0, 0.1) is 11.3 Å². The summed E-state index contributed by atoms with van der Waals surface area (Å²) in [6.45, 7) is 2.67. The number of carbonyl (C=O) groups excluding carboxylic acids is 1. The molecule has 1 saturated heterocycles. The van der Waals surface area contributed by atoms with Crippen molar-refractivity contribution in [3.8, 4) is 6.07 Å². The Morgan fingerprint density at radius 1 is 1.50 bits per heavy atom. The average Bonchev–Trinajstić information content (AvgIpc) is 2.79. The molecule has 2 aliphatic rings. The van der Waals surface area contributed by atoms with Gasteiger partial charge in [-0.05, 0) is 38.2 Å². The second-order valence-corrected chi connectivity index (χ2v) is 4.98. The van der Waals surface area contributed by atoms with Crippen molar-refractivity contribution >= 4 is 5.97 Å². The van der Waals surface area contributed by atoms with Gasteiger partial charge in [0, 0.05) is 0 Å². The van der Waals surface area contributed by atoms with Crippen molar-refractivity contribution in [2.24, 2.45) is 0 Å². The first-order valence-electron chi connectivity index (χ1n) is 6.64. The largest absolute Gasteiger partial charge is 0.462 e. The summed E-state index contributed by atoms with van der Waals surface area (Å²) in [4.78, 5) is 11.7. The van der Waals surface area contributed by atoms with Crippen LogP contribution in [0.3, 0.4) is 0 Å². The second kappa shape index (κ2) is 5.53. The van der Waals surface area contributed by atoms with Gasteiger partial charge in [0.05, 0.1) is 18.8 Å². The molecule has 1 aliphatic heterocycles. The van der Waals surface area contributed by atoms with Gasteiger partial charge in [0.1, 0.15) is 11.6 Å². The van der Waals surface area contributed by atoms with Crippen LogP contribution < -0.4 is 0 Å². The summed E-state index contributed by atoms with van der Waals surface area (Å²) in [5.74, 6) is -0.481. The topological polar surface area (TPSA) is 59.3 Å². The molecule has 1 saturated carbocycles. The quantitative estimate of drug-likeness (QED) is 0.428. The second-order valence-electron chi connectivity index (χ2n) is 4.98. The Bertz CT molecular complexity index is 400. The van der Waals surface area contributed by atoms with Crippen molar-refractivity contribution in [3.05, 3.63) is 11.1 Å².